The topological polar surface area (TPSA) is 55.8 Å². The van der Waals surface area contributed by atoms with Crippen LogP contribution in [0.15, 0.2) is 48.5 Å². The van der Waals surface area contributed by atoms with Crippen LogP contribution < -0.4 is 4.74 Å². The first kappa shape index (κ1) is 22.0. The molecule has 4 rings (SSSR count). The van der Waals surface area contributed by atoms with Gasteiger partial charge in [0.15, 0.2) is 0 Å². The Kier molecular flexibility index (Phi) is 6.72. The molecule has 1 aliphatic rings. The van der Waals surface area contributed by atoms with Gasteiger partial charge >= 0.3 is 0 Å². The Bertz CT molecular complexity index is 1080. The van der Waals surface area contributed by atoms with Crippen LogP contribution in [0.25, 0.3) is 10.4 Å². The van der Waals surface area contributed by atoms with Crippen molar-refractivity contribution in [3.05, 3.63) is 75.4 Å². The minimum absolute atomic E-state index is 0.0519. The second-order valence-corrected chi connectivity index (χ2v) is 9.09. The van der Waals surface area contributed by atoms with Crippen molar-refractivity contribution in [1.29, 1.82) is 0 Å². The first-order valence-corrected chi connectivity index (χ1v) is 11.1. The normalized spacial score (nSPS) is 18.9. The van der Waals surface area contributed by atoms with E-state index >= 15 is 0 Å². The number of benzene rings is 2. The zero-order chi connectivity index (χ0) is 22.0. The van der Waals surface area contributed by atoms with Crippen molar-refractivity contribution >= 4 is 28.7 Å². The molecule has 0 amide bonds. The SMILES string of the molecule is COc1cc(Cl)c(Cc2ccc(-c3ccc(F)cc3)s2)cc1[C@H]1CC(=O)C[C@@H](CO)O1. The van der Waals surface area contributed by atoms with Crippen molar-refractivity contribution < 1.29 is 23.8 Å². The minimum atomic E-state index is -0.509. The molecule has 2 heterocycles. The molecule has 0 radical (unpaired) electrons. The number of Topliss-reactive ketones (excluding diaryl/α,β-unsaturated/α-hetero) is 1. The predicted octanol–water partition coefficient (Wildman–Crippen LogP) is 5.59. The van der Waals surface area contributed by atoms with Gasteiger partial charge in [0.05, 0.1) is 25.9 Å². The van der Waals surface area contributed by atoms with E-state index in [1.165, 1.54) is 12.1 Å². The highest BCUT2D eigenvalue weighted by molar-refractivity contribution is 7.15. The van der Waals surface area contributed by atoms with Gasteiger partial charge in [-0.15, -0.1) is 11.3 Å². The molecule has 7 heteroatoms. The van der Waals surface area contributed by atoms with Crippen LogP contribution in [0.1, 0.15) is 34.9 Å². The van der Waals surface area contributed by atoms with E-state index in [0.717, 1.165) is 26.4 Å². The maximum Gasteiger partial charge on any atom is 0.138 e. The Morgan fingerprint density at radius 3 is 2.68 bits per heavy atom. The molecule has 1 aromatic heterocycles. The highest BCUT2D eigenvalue weighted by Gasteiger charge is 2.31. The highest BCUT2D eigenvalue weighted by atomic mass is 35.5. The van der Waals surface area contributed by atoms with Crippen molar-refractivity contribution in [2.24, 2.45) is 0 Å². The molecule has 1 saturated heterocycles. The second kappa shape index (κ2) is 9.49. The van der Waals surface area contributed by atoms with Crippen LogP contribution in [0.4, 0.5) is 4.39 Å². The summed E-state index contributed by atoms with van der Waals surface area (Å²) in [5.41, 5.74) is 2.61. The zero-order valence-electron chi connectivity index (χ0n) is 16.9. The largest absolute Gasteiger partial charge is 0.496 e. The Labute approximate surface area is 189 Å². The fraction of sp³-hybridized carbons (Fsp3) is 0.292. The number of carbonyl (C=O) groups is 1. The number of carbonyl (C=O) groups excluding carboxylic acids is 1. The Morgan fingerprint density at radius 2 is 1.97 bits per heavy atom. The molecule has 0 spiro atoms. The van der Waals surface area contributed by atoms with E-state index in [4.69, 9.17) is 21.1 Å². The molecule has 1 aliphatic heterocycles. The van der Waals surface area contributed by atoms with E-state index in [-0.39, 0.29) is 31.0 Å². The second-order valence-electron chi connectivity index (χ2n) is 7.51. The van der Waals surface area contributed by atoms with Gasteiger partial charge in [-0.05, 0) is 47.5 Å². The van der Waals surface area contributed by atoms with Crippen LogP contribution >= 0.6 is 22.9 Å². The summed E-state index contributed by atoms with van der Waals surface area (Å²) in [5, 5.41) is 10.0. The van der Waals surface area contributed by atoms with Gasteiger partial charge in [-0.3, -0.25) is 4.79 Å². The van der Waals surface area contributed by atoms with Crippen molar-refractivity contribution in [3.8, 4) is 16.2 Å². The van der Waals surface area contributed by atoms with Crippen LogP contribution in [0.5, 0.6) is 5.75 Å². The molecular weight excluding hydrogens is 439 g/mol. The van der Waals surface area contributed by atoms with Crippen molar-refractivity contribution in [2.45, 2.75) is 31.5 Å². The molecule has 31 heavy (non-hydrogen) atoms. The van der Waals surface area contributed by atoms with E-state index in [1.807, 2.05) is 18.2 Å². The van der Waals surface area contributed by atoms with E-state index < -0.39 is 12.2 Å². The summed E-state index contributed by atoms with van der Waals surface area (Å²) in [6.07, 6.45) is 0.0676. The van der Waals surface area contributed by atoms with Crippen molar-refractivity contribution in [3.63, 3.8) is 0 Å². The number of methoxy groups -OCH3 is 1. The lowest BCUT2D eigenvalue weighted by atomic mass is 9.94. The molecule has 0 saturated carbocycles. The van der Waals surface area contributed by atoms with Gasteiger partial charge in [0.1, 0.15) is 17.3 Å². The molecule has 1 fully saturated rings. The number of thiophene rings is 1. The summed E-state index contributed by atoms with van der Waals surface area (Å²) in [4.78, 5) is 14.3. The summed E-state index contributed by atoms with van der Waals surface area (Å²) >= 11 is 8.15. The maximum atomic E-state index is 13.2. The molecule has 2 atom stereocenters. The molecule has 3 aromatic rings. The molecule has 1 N–H and O–H groups in total. The predicted molar refractivity (Wildman–Crippen MR) is 119 cm³/mol. The summed E-state index contributed by atoms with van der Waals surface area (Å²) < 4.78 is 24.6. The minimum Gasteiger partial charge on any atom is -0.496 e. The fourth-order valence-electron chi connectivity index (χ4n) is 3.78. The summed E-state index contributed by atoms with van der Waals surface area (Å²) in [5.74, 6) is 0.351. The third-order valence-electron chi connectivity index (χ3n) is 5.33. The van der Waals surface area contributed by atoms with Gasteiger partial charge in [0.2, 0.25) is 0 Å². The zero-order valence-corrected chi connectivity index (χ0v) is 18.5. The highest BCUT2D eigenvalue weighted by Crippen LogP contribution is 2.39. The average molecular weight is 461 g/mol. The Morgan fingerprint density at radius 1 is 1.19 bits per heavy atom. The number of ketones is 1. The molecule has 162 valence electrons. The lowest BCUT2D eigenvalue weighted by molar-refractivity contribution is -0.139. The van der Waals surface area contributed by atoms with Crippen molar-refractivity contribution in [2.75, 3.05) is 13.7 Å². The van der Waals surface area contributed by atoms with Gasteiger partial charge in [0, 0.05) is 39.6 Å². The Hall–Kier alpha value is -2.25. The first-order valence-electron chi connectivity index (χ1n) is 9.95. The molecule has 0 bridgehead atoms. The maximum absolute atomic E-state index is 13.2. The lowest BCUT2D eigenvalue weighted by Crippen LogP contribution is -2.31. The molecule has 0 aliphatic carbocycles. The van der Waals surface area contributed by atoms with Crippen LogP contribution in [0, 0.1) is 5.82 Å². The number of aliphatic hydroxyl groups is 1. The van der Waals surface area contributed by atoms with E-state index in [1.54, 1.807) is 36.6 Å². The van der Waals surface area contributed by atoms with Crippen LogP contribution in [0.2, 0.25) is 5.02 Å². The van der Waals surface area contributed by atoms with Crippen molar-refractivity contribution in [1.82, 2.24) is 0 Å². The monoisotopic (exact) mass is 460 g/mol. The van der Waals surface area contributed by atoms with Gasteiger partial charge in [-0.2, -0.15) is 0 Å². The number of hydrogen-bond donors (Lipinski definition) is 1. The van der Waals surface area contributed by atoms with E-state index in [2.05, 4.69) is 0 Å². The van der Waals surface area contributed by atoms with E-state index in [0.29, 0.717) is 17.2 Å². The number of aliphatic hydroxyl groups excluding tert-OH is 1. The first-order chi connectivity index (χ1) is 15.0. The fourth-order valence-corrected chi connectivity index (χ4v) is 5.03. The van der Waals surface area contributed by atoms with Gasteiger partial charge < -0.3 is 14.6 Å². The van der Waals surface area contributed by atoms with Crippen LogP contribution in [-0.4, -0.2) is 30.7 Å². The third-order valence-corrected chi connectivity index (χ3v) is 6.82. The Balaban J connectivity index is 1.61. The standard InChI is InChI=1S/C24H22ClFO4S/c1-29-22-12-21(25)15(9-20(22)23-11-17(28)10-18(13-27)30-23)8-19-6-7-24(31-19)14-2-4-16(26)5-3-14/h2-7,9,12,18,23,27H,8,10-11,13H2,1H3/t18-,23+/m0/s1. The molecule has 2 aromatic carbocycles. The van der Waals surface area contributed by atoms with Crippen LogP contribution in [0.3, 0.4) is 0 Å². The van der Waals surface area contributed by atoms with Gasteiger partial charge in [-0.25, -0.2) is 4.39 Å². The molecular formula is C24H22ClFO4S. The van der Waals surface area contributed by atoms with Gasteiger partial charge in [0.25, 0.3) is 0 Å². The molecule has 4 nitrogen and oxygen atoms in total. The number of halogens is 2. The summed E-state index contributed by atoms with van der Waals surface area (Å²) in [6, 6.07) is 14.1. The number of rotatable bonds is 6. The smallest absolute Gasteiger partial charge is 0.138 e. The summed E-state index contributed by atoms with van der Waals surface area (Å²) in [6.45, 7) is -0.202. The van der Waals surface area contributed by atoms with Crippen LogP contribution in [-0.2, 0) is 16.0 Å². The average Bonchev–Trinajstić information content (AvgIpc) is 3.23. The molecule has 0 unspecified atom stereocenters. The quantitative estimate of drug-likeness (QED) is 0.521. The summed E-state index contributed by atoms with van der Waals surface area (Å²) in [7, 11) is 1.55. The number of ether oxygens (including phenoxy) is 2. The third kappa shape index (κ3) is 4.99. The number of hydrogen-bond acceptors (Lipinski definition) is 5. The van der Waals surface area contributed by atoms with E-state index in [9.17, 15) is 14.3 Å². The van der Waals surface area contributed by atoms with Gasteiger partial charge in [-0.1, -0.05) is 23.7 Å². The lowest BCUT2D eigenvalue weighted by Gasteiger charge is -2.29.